The Labute approximate surface area is 147 Å². The van der Waals surface area contributed by atoms with Crippen LogP contribution >= 0.6 is 0 Å². The molecule has 0 saturated carbocycles. The Morgan fingerprint density at radius 3 is 2.28 bits per heavy atom. The number of aromatic nitrogens is 2. The summed E-state index contributed by atoms with van der Waals surface area (Å²) in [7, 11) is 0. The highest BCUT2D eigenvalue weighted by atomic mass is 16.1. The quantitative estimate of drug-likeness (QED) is 0.746. The lowest BCUT2D eigenvalue weighted by atomic mass is 10.1. The second kappa shape index (κ2) is 7.57. The Hall–Kier alpha value is -3.21. The number of aryl methyl sites for hydroxylation is 2. The third kappa shape index (κ3) is 4.41. The molecule has 3 aromatic rings. The number of anilines is 2. The first-order valence-corrected chi connectivity index (χ1v) is 8.12. The Morgan fingerprint density at radius 2 is 1.56 bits per heavy atom. The number of amides is 1. The standard InChI is InChI=1S/C20H20N4O/c1-14-12-15(2)23-20(22-14)24-18-11-7-6-10-17(18)19(25)21-13-16-8-4-3-5-9-16/h3-12H,13H2,1-2H3,(H,21,25)(H,22,23,24). The molecule has 0 aliphatic carbocycles. The van der Waals surface area contributed by atoms with Gasteiger partial charge < -0.3 is 10.6 Å². The molecular weight excluding hydrogens is 312 g/mol. The van der Waals surface area contributed by atoms with E-state index in [1.165, 1.54) is 0 Å². The average molecular weight is 332 g/mol. The van der Waals surface area contributed by atoms with Gasteiger partial charge in [0.15, 0.2) is 0 Å². The summed E-state index contributed by atoms with van der Waals surface area (Å²) in [4.78, 5) is 21.3. The molecule has 25 heavy (non-hydrogen) atoms. The molecule has 0 fully saturated rings. The van der Waals surface area contributed by atoms with Crippen LogP contribution in [-0.2, 0) is 6.54 Å². The average Bonchev–Trinajstić information content (AvgIpc) is 2.60. The van der Waals surface area contributed by atoms with Gasteiger partial charge in [0.1, 0.15) is 0 Å². The van der Waals surface area contributed by atoms with E-state index in [2.05, 4.69) is 20.6 Å². The van der Waals surface area contributed by atoms with E-state index < -0.39 is 0 Å². The van der Waals surface area contributed by atoms with Crippen molar-refractivity contribution in [2.75, 3.05) is 5.32 Å². The van der Waals surface area contributed by atoms with E-state index in [-0.39, 0.29) is 5.91 Å². The van der Waals surface area contributed by atoms with Crippen LogP contribution in [0.15, 0.2) is 60.7 Å². The van der Waals surface area contributed by atoms with E-state index in [9.17, 15) is 4.79 Å². The molecule has 0 radical (unpaired) electrons. The van der Waals surface area contributed by atoms with Gasteiger partial charge in [-0.15, -0.1) is 0 Å². The van der Waals surface area contributed by atoms with E-state index in [4.69, 9.17) is 0 Å². The van der Waals surface area contributed by atoms with Crippen molar-refractivity contribution >= 4 is 17.5 Å². The molecule has 126 valence electrons. The lowest BCUT2D eigenvalue weighted by Gasteiger charge is -2.12. The van der Waals surface area contributed by atoms with Crippen LogP contribution in [-0.4, -0.2) is 15.9 Å². The first-order chi connectivity index (χ1) is 12.1. The van der Waals surface area contributed by atoms with Crippen molar-refractivity contribution in [3.05, 3.63) is 83.2 Å². The largest absolute Gasteiger partial charge is 0.348 e. The van der Waals surface area contributed by atoms with Crippen LogP contribution in [0.2, 0.25) is 0 Å². The third-order valence-corrected chi connectivity index (χ3v) is 3.70. The summed E-state index contributed by atoms with van der Waals surface area (Å²) in [5.41, 5.74) is 4.04. The van der Waals surface area contributed by atoms with E-state index in [0.717, 1.165) is 17.0 Å². The van der Waals surface area contributed by atoms with Gasteiger partial charge in [0, 0.05) is 17.9 Å². The minimum Gasteiger partial charge on any atom is -0.348 e. The number of hydrogen-bond donors (Lipinski definition) is 2. The molecule has 5 heteroatoms. The van der Waals surface area contributed by atoms with Crippen LogP contribution in [0.25, 0.3) is 0 Å². The summed E-state index contributed by atoms with van der Waals surface area (Å²) in [5.74, 6) is 0.345. The predicted molar refractivity (Wildman–Crippen MR) is 98.8 cm³/mol. The summed E-state index contributed by atoms with van der Waals surface area (Å²) in [6.07, 6.45) is 0. The normalized spacial score (nSPS) is 10.3. The highest BCUT2D eigenvalue weighted by Crippen LogP contribution is 2.19. The van der Waals surface area contributed by atoms with Gasteiger partial charge in [-0.25, -0.2) is 9.97 Å². The summed E-state index contributed by atoms with van der Waals surface area (Å²) in [6, 6.07) is 19.1. The van der Waals surface area contributed by atoms with Crippen molar-refractivity contribution in [1.82, 2.24) is 15.3 Å². The van der Waals surface area contributed by atoms with E-state index in [1.807, 2.05) is 68.4 Å². The molecule has 0 atom stereocenters. The second-order valence-corrected chi connectivity index (χ2v) is 5.81. The molecule has 0 unspecified atom stereocenters. The van der Waals surface area contributed by atoms with Crippen LogP contribution < -0.4 is 10.6 Å². The fourth-order valence-electron chi connectivity index (χ4n) is 2.57. The molecule has 0 bridgehead atoms. The van der Waals surface area contributed by atoms with Crippen LogP contribution in [0, 0.1) is 13.8 Å². The minimum absolute atomic E-state index is 0.142. The molecule has 5 nitrogen and oxygen atoms in total. The molecular formula is C20H20N4O. The molecule has 0 aliphatic heterocycles. The molecule has 0 spiro atoms. The van der Waals surface area contributed by atoms with Gasteiger partial charge in [-0.2, -0.15) is 0 Å². The second-order valence-electron chi connectivity index (χ2n) is 5.81. The van der Waals surface area contributed by atoms with Crippen LogP contribution in [0.4, 0.5) is 11.6 Å². The molecule has 0 saturated heterocycles. The highest BCUT2D eigenvalue weighted by Gasteiger charge is 2.12. The molecule has 1 heterocycles. The summed E-state index contributed by atoms with van der Waals surface area (Å²) < 4.78 is 0. The lowest BCUT2D eigenvalue weighted by molar-refractivity contribution is 0.0952. The smallest absolute Gasteiger partial charge is 0.253 e. The number of hydrogen-bond acceptors (Lipinski definition) is 4. The zero-order chi connectivity index (χ0) is 17.6. The van der Waals surface area contributed by atoms with Crippen molar-refractivity contribution in [2.45, 2.75) is 20.4 Å². The van der Waals surface area contributed by atoms with Crippen LogP contribution in [0.3, 0.4) is 0 Å². The number of carbonyl (C=O) groups excluding carboxylic acids is 1. The Balaban J connectivity index is 1.77. The van der Waals surface area contributed by atoms with Gasteiger partial charge in [-0.05, 0) is 37.6 Å². The van der Waals surface area contributed by atoms with Gasteiger partial charge >= 0.3 is 0 Å². The zero-order valence-electron chi connectivity index (χ0n) is 14.3. The minimum atomic E-state index is -0.142. The molecule has 1 aromatic heterocycles. The van der Waals surface area contributed by atoms with Crippen molar-refractivity contribution < 1.29 is 4.79 Å². The van der Waals surface area contributed by atoms with E-state index >= 15 is 0 Å². The topological polar surface area (TPSA) is 66.9 Å². The van der Waals surface area contributed by atoms with E-state index in [0.29, 0.717) is 23.7 Å². The predicted octanol–water partition coefficient (Wildman–Crippen LogP) is 3.77. The van der Waals surface area contributed by atoms with Gasteiger partial charge in [0.2, 0.25) is 5.95 Å². The zero-order valence-corrected chi connectivity index (χ0v) is 14.3. The van der Waals surface area contributed by atoms with Gasteiger partial charge in [0.05, 0.1) is 11.3 Å². The lowest BCUT2D eigenvalue weighted by Crippen LogP contribution is -2.23. The van der Waals surface area contributed by atoms with E-state index in [1.54, 1.807) is 6.07 Å². The molecule has 1 amide bonds. The first-order valence-electron chi connectivity index (χ1n) is 8.12. The van der Waals surface area contributed by atoms with Crippen molar-refractivity contribution in [1.29, 1.82) is 0 Å². The van der Waals surface area contributed by atoms with Crippen molar-refractivity contribution in [3.63, 3.8) is 0 Å². The molecule has 2 aromatic carbocycles. The number of benzene rings is 2. The number of carbonyl (C=O) groups is 1. The monoisotopic (exact) mass is 332 g/mol. The summed E-state index contributed by atoms with van der Waals surface area (Å²) in [6.45, 7) is 4.31. The summed E-state index contributed by atoms with van der Waals surface area (Å²) >= 11 is 0. The van der Waals surface area contributed by atoms with Gasteiger partial charge in [-0.3, -0.25) is 4.79 Å². The molecule has 0 aliphatic rings. The Morgan fingerprint density at radius 1 is 0.920 bits per heavy atom. The van der Waals surface area contributed by atoms with Gasteiger partial charge in [0.25, 0.3) is 5.91 Å². The van der Waals surface area contributed by atoms with Crippen molar-refractivity contribution in [2.24, 2.45) is 0 Å². The Kier molecular flexibility index (Phi) is 5.04. The molecule has 3 rings (SSSR count). The number of para-hydroxylation sites is 1. The maximum Gasteiger partial charge on any atom is 0.253 e. The Bertz CT molecular complexity index is 858. The fraction of sp³-hybridized carbons (Fsp3) is 0.150. The SMILES string of the molecule is Cc1cc(C)nc(Nc2ccccc2C(=O)NCc2ccccc2)n1. The number of nitrogens with zero attached hydrogens (tertiary/aromatic N) is 2. The van der Waals surface area contributed by atoms with Crippen LogP contribution in [0.1, 0.15) is 27.3 Å². The maximum absolute atomic E-state index is 12.6. The summed E-state index contributed by atoms with van der Waals surface area (Å²) in [5, 5.41) is 6.09. The van der Waals surface area contributed by atoms with Crippen molar-refractivity contribution in [3.8, 4) is 0 Å². The fourth-order valence-corrected chi connectivity index (χ4v) is 2.57. The third-order valence-electron chi connectivity index (χ3n) is 3.70. The first kappa shape index (κ1) is 16.6. The molecule has 2 N–H and O–H groups in total. The number of nitrogens with one attached hydrogen (secondary N) is 2. The van der Waals surface area contributed by atoms with Gasteiger partial charge in [-0.1, -0.05) is 42.5 Å². The maximum atomic E-state index is 12.6. The van der Waals surface area contributed by atoms with Crippen LogP contribution in [0.5, 0.6) is 0 Å². The highest BCUT2D eigenvalue weighted by molar-refractivity contribution is 6.00. The number of rotatable bonds is 5.